The Balaban J connectivity index is 0.00000225. The van der Waals surface area contributed by atoms with Crippen molar-refractivity contribution < 1.29 is 4.74 Å². The molecule has 0 radical (unpaired) electrons. The van der Waals surface area contributed by atoms with E-state index in [0.717, 1.165) is 47.1 Å². The number of aliphatic imine (C=N–C) groups is 1. The highest BCUT2D eigenvalue weighted by atomic mass is 127. The summed E-state index contributed by atoms with van der Waals surface area (Å²) in [5, 5.41) is 3.08. The number of halogens is 2. The fraction of sp³-hybridized carbons (Fsp3) is 0.375. The van der Waals surface area contributed by atoms with Crippen molar-refractivity contribution in [3.63, 3.8) is 0 Å². The first kappa shape index (κ1) is 20.2. The third kappa shape index (κ3) is 5.20. The Morgan fingerprint density at radius 3 is 2.72 bits per heavy atom. The predicted octanol–water partition coefficient (Wildman–Crippen LogP) is 3.17. The van der Waals surface area contributed by atoms with Gasteiger partial charge in [0, 0.05) is 37.8 Å². The number of aromatic nitrogens is 1. The van der Waals surface area contributed by atoms with E-state index in [0.29, 0.717) is 12.5 Å². The van der Waals surface area contributed by atoms with Gasteiger partial charge in [-0.1, -0.05) is 6.07 Å². The molecule has 2 aromatic rings. The number of hydrogen-bond acceptors (Lipinski definition) is 5. The summed E-state index contributed by atoms with van der Waals surface area (Å²) in [5.74, 6) is 1.41. The summed E-state index contributed by atoms with van der Waals surface area (Å²) in [6.07, 6.45) is 1.84. The van der Waals surface area contributed by atoms with Crippen LogP contribution in [0, 0.1) is 0 Å². The topological polar surface area (TPSA) is 67.0 Å². The number of methoxy groups -OCH3 is 1. The Hall–Kier alpha value is -1.07. The van der Waals surface area contributed by atoms with E-state index in [2.05, 4.69) is 35.7 Å². The Labute approximate surface area is 177 Å². The fourth-order valence-electron chi connectivity index (χ4n) is 2.58. The third-order valence-electron chi connectivity index (χ3n) is 3.93. The molecule has 9 heteroatoms. The van der Waals surface area contributed by atoms with Crippen molar-refractivity contribution in [1.82, 2.24) is 9.88 Å². The number of piperazine rings is 1. The zero-order valence-corrected chi connectivity index (χ0v) is 18.6. The van der Waals surface area contributed by atoms with Gasteiger partial charge in [-0.05, 0) is 33.6 Å². The summed E-state index contributed by atoms with van der Waals surface area (Å²) >= 11 is 5.16. The maximum atomic E-state index is 6.16. The molecule has 1 saturated heterocycles. The SMILES string of the molecule is COc1ccc(CN=C(N)N2CCN(c3nccs3)CC2)cc1Br.I. The predicted molar refractivity (Wildman–Crippen MR) is 117 cm³/mol. The normalized spacial score (nSPS) is 15.0. The molecule has 1 aromatic heterocycles. The molecule has 0 amide bonds. The van der Waals surface area contributed by atoms with Gasteiger partial charge < -0.3 is 20.3 Å². The van der Waals surface area contributed by atoms with Crippen LogP contribution in [0.3, 0.4) is 0 Å². The van der Waals surface area contributed by atoms with Gasteiger partial charge in [0.05, 0.1) is 18.1 Å². The lowest BCUT2D eigenvalue weighted by Crippen LogP contribution is -2.51. The van der Waals surface area contributed by atoms with Crippen molar-refractivity contribution in [3.8, 4) is 5.75 Å². The second-order valence-corrected chi connectivity index (χ2v) is 7.16. The molecule has 3 rings (SSSR count). The third-order valence-corrected chi connectivity index (χ3v) is 5.39. The summed E-state index contributed by atoms with van der Waals surface area (Å²) in [4.78, 5) is 13.3. The number of rotatable bonds is 4. The number of anilines is 1. The fourth-order valence-corrected chi connectivity index (χ4v) is 3.86. The van der Waals surface area contributed by atoms with Crippen LogP contribution in [0.25, 0.3) is 0 Å². The molecule has 6 nitrogen and oxygen atoms in total. The maximum absolute atomic E-state index is 6.16. The minimum atomic E-state index is 0. The van der Waals surface area contributed by atoms with E-state index < -0.39 is 0 Å². The average Bonchev–Trinajstić information content (AvgIpc) is 3.14. The molecule has 0 atom stereocenters. The molecule has 2 N–H and O–H groups in total. The zero-order chi connectivity index (χ0) is 16.9. The quantitative estimate of drug-likeness (QED) is 0.368. The van der Waals surface area contributed by atoms with Crippen molar-refractivity contribution in [3.05, 3.63) is 39.8 Å². The van der Waals surface area contributed by atoms with Gasteiger partial charge in [0.25, 0.3) is 0 Å². The molecule has 2 heterocycles. The Bertz CT molecular complexity index is 705. The monoisotopic (exact) mass is 537 g/mol. The molecular formula is C16H21BrIN5OS. The average molecular weight is 538 g/mol. The van der Waals surface area contributed by atoms with E-state index in [-0.39, 0.29) is 24.0 Å². The van der Waals surface area contributed by atoms with Crippen molar-refractivity contribution >= 4 is 62.3 Å². The van der Waals surface area contributed by atoms with Crippen LogP contribution < -0.4 is 15.4 Å². The Kier molecular flexibility index (Phi) is 7.76. The molecule has 136 valence electrons. The number of thiazole rings is 1. The number of ether oxygens (including phenoxy) is 1. The highest BCUT2D eigenvalue weighted by molar-refractivity contribution is 14.0. The molecule has 25 heavy (non-hydrogen) atoms. The molecular weight excluding hydrogens is 517 g/mol. The number of benzene rings is 1. The first-order valence-corrected chi connectivity index (χ1v) is 9.36. The zero-order valence-electron chi connectivity index (χ0n) is 13.9. The van der Waals surface area contributed by atoms with Crippen LogP contribution in [0.15, 0.2) is 39.2 Å². The highest BCUT2D eigenvalue weighted by Crippen LogP contribution is 2.25. The van der Waals surface area contributed by atoms with Crippen LogP contribution in [-0.4, -0.2) is 49.1 Å². The molecule has 0 saturated carbocycles. The van der Waals surface area contributed by atoms with Crippen molar-refractivity contribution in [2.24, 2.45) is 10.7 Å². The summed E-state index contributed by atoms with van der Waals surface area (Å²) in [6.45, 7) is 4.11. The van der Waals surface area contributed by atoms with Gasteiger partial charge in [-0.2, -0.15) is 0 Å². The van der Waals surface area contributed by atoms with E-state index in [1.54, 1.807) is 18.4 Å². The van der Waals surface area contributed by atoms with Gasteiger partial charge in [0.15, 0.2) is 11.1 Å². The molecule has 0 bridgehead atoms. The number of guanidine groups is 1. The minimum Gasteiger partial charge on any atom is -0.496 e. The van der Waals surface area contributed by atoms with Crippen LogP contribution in [0.1, 0.15) is 5.56 Å². The van der Waals surface area contributed by atoms with Crippen molar-refractivity contribution in [2.75, 3.05) is 38.2 Å². The lowest BCUT2D eigenvalue weighted by molar-refractivity contribution is 0.380. The second kappa shape index (κ2) is 9.58. The summed E-state index contributed by atoms with van der Waals surface area (Å²) < 4.78 is 6.16. The van der Waals surface area contributed by atoms with Crippen LogP contribution in [0.2, 0.25) is 0 Å². The van der Waals surface area contributed by atoms with E-state index in [4.69, 9.17) is 10.5 Å². The largest absolute Gasteiger partial charge is 0.496 e. The van der Waals surface area contributed by atoms with Crippen LogP contribution in [0.4, 0.5) is 5.13 Å². The van der Waals surface area contributed by atoms with E-state index in [1.165, 1.54) is 0 Å². The number of nitrogens with zero attached hydrogens (tertiary/aromatic N) is 4. The Morgan fingerprint density at radius 1 is 1.36 bits per heavy atom. The van der Waals surface area contributed by atoms with Crippen molar-refractivity contribution in [2.45, 2.75) is 6.54 Å². The number of nitrogens with two attached hydrogens (primary N) is 1. The van der Waals surface area contributed by atoms with Crippen LogP contribution in [-0.2, 0) is 6.54 Å². The summed E-state index contributed by atoms with van der Waals surface area (Å²) in [5.41, 5.74) is 7.25. The van der Waals surface area contributed by atoms with E-state index in [1.807, 2.05) is 29.8 Å². The molecule has 1 aliphatic rings. The first-order valence-electron chi connectivity index (χ1n) is 7.69. The number of hydrogen-bond donors (Lipinski definition) is 1. The molecule has 1 aliphatic heterocycles. The highest BCUT2D eigenvalue weighted by Gasteiger charge is 2.19. The van der Waals surface area contributed by atoms with E-state index in [9.17, 15) is 0 Å². The van der Waals surface area contributed by atoms with E-state index >= 15 is 0 Å². The van der Waals surface area contributed by atoms with Gasteiger partial charge in [-0.25, -0.2) is 9.98 Å². The maximum Gasteiger partial charge on any atom is 0.191 e. The summed E-state index contributed by atoms with van der Waals surface area (Å²) in [6, 6.07) is 5.94. The molecule has 0 unspecified atom stereocenters. The molecule has 1 fully saturated rings. The van der Waals surface area contributed by atoms with Gasteiger partial charge in [0.2, 0.25) is 0 Å². The first-order chi connectivity index (χ1) is 11.7. The van der Waals surface area contributed by atoms with Crippen LogP contribution in [0.5, 0.6) is 5.75 Å². The standard InChI is InChI=1S/C16H20BrN5OS.HI/c1-23-14-3-2-12(10-13(14)17)11-20-15(18)21-5-7-22(8-6-21)16-19-4-9-24-16;/h2-4,9-10H,5-8,11H2,1H3,(H2,18,20);1H. The Morgan fingerprint density at radius 2 is 2.12 bits per heavy atom. The lowest BCUT2D eigenvalue weighted by Gasteiger charge is -2.35. The van der Waals surface area contributed by atoms with Gasteiger partial charge in [0.1, 0.15) is 5.75 Å². The second-order valence-electron chi connectivity index (χ2n) is 5.43. The smallest absolute Gasteiger partial charge is 0.191 e. The van der Waals surface area contributed by atoms with Gasteiger partial charge in [-0.15, -0.1) is 35.3 Å². The van der Waals surface area contributed by atoms with Crippen LogP contribution >= 0.6 is 51.2 Å². The molecule has 0 aliphatic carbocycles. The van der Waals surface area contributed by atoms with Crippen molar-refractivity contribution in [1.29, 1.82) is 0 Å². The van der Waals surface area contributed by atoms with Gasteiger partial charge >= 0.3 is 0 Å². The lowest BCUT2D eigenvalue weighted by atomic mass is 10.2. The molecule has 1 aromatic carbocycles. The summed E-state index contributed by atoms with van der Waals surface area (Å²) in [7, 11) is 1.65. The molecule has 0 spiro atoms. The van der Waals surface area contributed by atoms with Gasteiger partial charge in [-0.3, -0.25) is 0 Å². The minimum absolute atomic E-state index is 0.